The molecule has 196 valence electrons. The van der Waals surface area contributed by atoms with Gasteiger partial charge in [-0.25, -0.2) is 4.39 Å². The number of anilines is 1. The average Bonchev–Trinajstić information content (AvgIpc) is 3.12. The number of amides is 3. The molecule has 3 aromatic carbocycles. The number of ether oxygens (including phenoxy) is 1. The van der Waals surface area contributed by atoms with Crippen molar-refractivity contribution in [3.8, 4) is 11.5 Å². The van der Waals surface area contributed by atoms with Crippen LogP contribution in [0.2, 0.25) is 0 Å². The van der Waals surface area contributed by atoms with E-state index in [4.69, 9.17) is 8.92 Å². The van der Waals surface area contributed by atoms with E-state index in [9.17, 15) is 27.2 Å². The predicted octanol–water partition coefficient (Wildman–Crippen LogP) is 4.80. The summed E-state index contributed by atoms with van der Waals surface area (Å²) in [7, 11) is -2.95. The zero-order valence-corrected chi connectivity index (χ0v) is 21.8. The summed E-state index contributed by atoms with van der Waals surface area (Å²) >= 11 is 0.689. The van der Waals surface area contributed by atoms with E-state index in [1.54, 1.807) is 12.1 Å². The molecule has 0 saturated carbocycles. The highest BCUT2D eigenvalue weighted by atomic mass is 32.2. The molecule has 0 bridgehead atoms. The van der Waals surface area contributed by atoms with Crippen molar-refractivity contribution in [1.82, 2.24) is 4.90 Å². The zero-order chi connectivity index (χ0) is 27.4. The number of imide groups is 1. The summed E-state index contributed by atoms with van der Waals surface area (Å²) in [4.78, 5) is 37.4. The number of carbonyl (C=O) groups is 3. The first kappa shape index (κ1) is 26.9. The minimum absolute atomic E-state index is 0.0823. The first-order chi connectivity index (χ1) is 18.1. The van der Waals surface area contributed by atoms with Crippen LogP contribution in [0, 0.1) is 5.82 Å². The number of benzene rings is 3. The summed E-state index contributed by atoms with van der Waals surface area (Å²) in [5, 5.41) is 1.99. The molecule has 1 saturated heterocycles. The molecule has 1 aliphatic heterocycles. The number of thioether (sulfide) groups is 1. The van der Waals surface area contributed by atoms with Gasteiger partial charge in [-0.3, -0.25) is 19.3 Å². The van der Waals surface area contributed by atoms with Crippen molar-refractivity contribution in [3.63, 3.8) is 0 Å². The van der Waals surface area contributed by atoms with Gasteiger partial charge in [-0.05, 0) is 65.9 Å². The topological polar surface area (TPSA) is 119 Å². The smallest absolute Gasteiger partial charge is 0.339 e. The van der Waals surface area contributed by atoms with Gasteiger partial charge in [-0.1, -0.05) is 24.3 Å². The van der Waals surface area contributed by atoms with Crippen molar-refractivity contribution >= 4 is 50.7 Å². The van der Waals surface area contributed by atoms with E-state index in [1.165, 1.54) is 74.7 Å². The molecule has 4 rings (SSSR count). The van der Waals surface area contributed by atoms with Crippen molar-refractivity contribution < 1.29 is 36.1 Å². The van der Waals surface area contributed by atoms with Gasteiger partial charge in [0.15, 0.2) is 11.5 Å². The van der Waals surface area contributed by atoms with E-state index in [-0.39, 0.29) is 39.3 Å². The number of methoxy groups -OCH3 is 1. The van der Waals surface area contributed by atoms with Crippen LogP contribution in [-0.4, -0.2) is 37.5 Å². The van der Waals surface area contributed by atoms with Gasteiger partial charge in [-0.15, -0.1) is 0 Å². The maximum absolute atomic E-state index is 14.0. The number of rotatable bonds is 8. The Labute approximate surface area is 222 Å². The normalized spacial score (nSPS) is 14.6. The SMILES string of the molecule is COc1ccc(/C=C2\SC(=O)N(Cc3ccccc3F)C2=O)cc1OS(=O)(=O)c1ccc(NC(C)=O)cc1. The number of hydrogen-bond donors (Lipinski definition) is 1. The lowest BCUT2D eigenvalue weighted by Crippen LogP contribution is -2.27. The Kier molecular flexibility index (Phi) is 7.83. The minimum Gasteiger partial charge on any atom is -0.493 e. The van der Waals surface area contributed by atoms with Gasteiger partial charge >= 0.3 is 10.1 Å². The third-order valence-corrected chi connectivity index (χ3v) is 7.46. The molecule has 3 aromatic rings. The fraction of sp³-hybridized carbons (Fsp3) is 0.115. The Morgan fingerprint density at radius 2 is 1.76 bits per heavy atom. The molecular formula is C26H21FN2O7S2. The fourth-order valence-electron chi connectivity index (χ4n) is 3.51. The lowest BCUT2D eigenvalue weighted by atomic mass is 10.1. The van der Waals surface area contributed by atoms with Crippen LogP contribution in [0.25, 0.3) is 6.08 Å². The van der Waals surface area contributed by atoms with E-state index < -0.39 is 27.1 Å². The molecule has 1 heterocycles. The summed E-state index contributed by atoms with van der Waals surface area (Å²) in [6, 6.07) is 15.6. The molecule has 38 heavy (non-hydrogen) atoms. The maximum atomic E-state index is 14.0. The third-order valence-electron chi connectivity index (χ3n) is 5.31. The summed E-state index contributed by atoms with van der Waals surface area (Å²) in [6.45, 7) is 1.11. The van der Waals surface area contributed by atoms with Gasteiger partial charge in [0.1, 0.15) is 10.7 Å². The Balaban J connectivity index is 1.57. The van der Waals surface area contributed by atoms with Gasteiger partial charge < -0.3 is 14.2 Å². The van der Waals surface area contributed by atoms with Crippen LogP contribution >= 0.6 is 11.8 Å². The molecule has 3 amide bonds. The van der Waals surface area contributed by atoms with Crippen LogP contribution in [-0.2, 0) is 26.3 Å². The monoisotopic (exact) mass is 556 g/mol. The molecule has 1 aliphatic rings. The number of hydrogen-bond acceptors (Lipinski definition) is 8. The highest BCUT2D eigenvalue weighted by Gasteiger charge is 2.35. The number of halogens is 1. The number of carbonyl (C=O) groups excluding carboxylic acids is 3. The first-order valence-corrected chi connectivity index (χ1v) is 13.3. The lowest BCUT2D eigenvalue weighted by Gasteiger charge is -2.13. The highest BCUT2D eigenvalue weighted by molar-refractivity contribution is 8.18. The van der Waals surface area contributed by atoms with Crippen LogP contribution in [0.3, 0.4) is 0 Å². The largest absolute Gasteiger partial charge is 0.493 e. The Morgan fingerprint density at radius 1 is 1.05 bits per heavy atom. The first-order valence-electron chi connectivity index (χ1n) is 11.1. The summed E-state index contributed by atoms with van der Waals surface area (Å²) in [6.07, 6.45) is 1.41. The molecule has 1 N–H and O–H groups in total. The van der Waals surface area contributed by atoms with Crippen molar-refractivity contribution in [1.29, 1.82) is 0 Å². The van der Waals surface area contributed by atoms with E-state index in [0.717, 1.165) is 4.90 Å². The molecular weight excluding hydrogens is 535 g/mol. The molecule has 0 unspecified atom stereocenters. The van der Waals surface area contributed by atoms with Crippen molar-refractivity contribution in [2.24, 2.45) is 0 Å². The predicted molar refractivity (Wildman–Crippen MR) is 139 cm³/mol. The summed E-state index contributed by atoms with van der Waals surface area (Å²) in [5.74, 6) is -1.46. The van der Waals surface area contributed by atoms with E-state index in [2.05, 4.69) is 5.32 Å². The van der Waals surface area contributed by atoms with Gasteiger partial charge in [0, 0.05) is 18.2 Å². The van der Waals surface area contributed by atoms with Gasteiger partial charge in [0.2, 0.25) is 5.91 Å². The number of nitrogens with zero attached hydrogens (tertiary/aromatic N) is 1. The van der Waals surface area contributed by atoms with Crippen molar-refractivity contribution in [2.45, 2.75) is 18.4 Å². The third kappa shape index (κ3) is 6.03. The summed E-state index contributed by atoms with van der Waals surface area (Å²) < 4.78 is 50.3. The van der Waals surface area contributed by atoms with Crippen LogP contribution in [0.4, 0.5) is 14.9 Å². The fourth-order valence-corrected chi connectivity index (χ4v) is 5.28. The quantitative estimate of drug-likeness (QED) is 0.311. The standard InChI is InChI=1S/C26H21FN2O7S2/c1-16(30)28-19-8-10-20(11-9-19)38(33,34)36-23-13-17(7-12-22(23)35-2)14-24-25(31)29(26(32)37-24)15-18-5-3-4-6-21(18)27/h3-14H,15H2,1-2H3,(H,28,30)/b24-14-. The van der Waals surface area contributed by atoms with Crippen LogP contribution < -0.4 is 14.2 Å². The molecule has 1 fully saturated rings. The van der Waals surface area contributed by atoms with Gasteiger partial charge in [0.25, 0.3) is 11.1 Å². The van der Waals surface area contributed by atoms with Crippen molar-refractivity contribution in [3.05, 3.63) is 88.6 Å². The molecule has 9 nitrogen and oxygen atoms in total. The van der Waals surface area contributed by atoms with Gasteiger partial charge in [0.05, 0.1) is 18.6 Å². The molecule has 0 radical (unpaired) electrons. The van der Waals surface area contributed by atoms with Crippen LogP contribution in [0.15, 0.2) is 76.5 Å². The van der Waals surface area contributed by atoms with E-state index >= 15 is 0 Å². The lowest BCUT2D eigenvalue weighted by molar-refractivity contribution is -0.123. The van der Waals surface area contributed by atoms with E-state index in [0.29, 0.717) is 23.0 Å². The molecule has 0 aliphatic carbocycles. The Hall–Kier alpha value is -4.16. The molecule has 0 atom stereocenters. The average molecular weight is 557 g/mol. The summed E-state index contributed by atoms with van der Waals surface area (Å²) in [5.41, 5.74) is 0.986. The van der Waals surface area contributed by atoms with E-state index in [1.807, 2.05) is 0 Å². The Morgan fingerprint density at radius 3 is 2.42 bits per heavy atom. The highest BCUT2D eigenvalue weighted by Crippen LogP contribution is 2.36. The zero-order valence-electron chi connectivity index (χ0n) is 20.1. The number of nitrogens with one attached hydrogen (secondary N) is 1. The molecule has 12 heteroatoms. The van der Waals surface area contributed by atoms with Crippen molar-refractivity contribution in [2.75, 3.05) is 12.4 Å². The van der Waals surface area contributed by atoms with Crippen LogP contribution in [0.1, 0.15) is 18.1 Å². The Bertz CT molecular complexity index is 1550. The minimum atomic E-state index is -4.29. The molecule has 0 spiro atoms. The van der Waals surface area contributed by atoms with Crippen LogP contribution in [0.5, 0.6) is 11.5 Å². The second kappa shape index (κ2) is 11.1. The second-order valence-electron chi connectivity index (χ2n) is 8.01. The maximum Gasteiger partial charge on any atom is 0.339 e. The second-order valence-corrected chi connectivity index (χ2v) is 10.6. The van der Waals surface area contributed by atoms with Gasteiger partial charge in [-0.2, -0.15) is 8.42 Å². The molecule has 0 aromatic heterocycles.